The number of terminal acetylenes is 2. The van der Waals surface area contributed by atoms with Crippen molar-refractivity contribution < 1.29 is 24.2 Å². The van der Waals surface area contributed by atoms with Gasteiger partial charge in [0.25, 0.3) is 0 Å². The Labute approximate surface area is 284 Å². The number of fused-ring (bicyclic) bond motifs is 7. The van der Waals surface area contributed by atoms with E-state index in [-0.39, 0.29) is 21.8 Å². The minimum atomic E-state index is -1.23. The summed E-state index contributed by atoms with van der Waals surface area (Å²) in [5, 5.41) is 19.5. The van der Waals surface area contributed by atoms with Crippen LogP contribution in [0.5, 0.6) is 0 Å². The number of aliphatic carboxylic acids is 1. The number of rotatable bonds is 3. The van der Waals surface area contributed by atoms with Gasteiger partial charge in [-0.05, 0) is 134 Å². The van der Waals surface area contributed by atoms with E-state index in [1.165, 1.54) is 25.0 Å². The highest BCUT2D eigenvalue weighted by molar-refractivity contribution is 5.88. The molecule has 4 unspecified atom stereocenters. The third kappa shape index (κ3) is 6.57. The molecule has 0 saturated heterocycles. The first-order valence-electron chi connectivity index (χ1n) is 17.5. The molecule has 0 spiro atoms. The maximum absolute atomic E-state index is 14.7. The van der Waals surface area contributed by atoms with Gasteiger partial charge in [0, 0.05) is 0 Å². The second-order valence-corrected chi connectivity index (χ2v) is 15.0. The number of carboxylic acids is 2. The maximum Gasteiger partial charge on any atom is 0.338 e. The lowest BCUT2D eigenvalue weighted by Crippen LogP contribution is -2.61. The van der Waals surface area contributed by atoms with Crippen molar-refractivity contribution in [1.82, 2.24) is 0 Å². The molecule has 2 N–H and O–H groups in total. The van der Waals surface area contributed by atoms with Crippen molar-refractivity contribution in [3.63, 3.8) is 0 Å². The van der Waals surface area contributed by atoms with Gasteiger partial charge in [-0.25, -0.2) is 9.18 Å². The quantitative estimate of drug-likeness (QED) is 0.253. The van der Waals surface area contributed by atoms with Crippen LogP contribution in [0.4, 0.5) is 4.39 Å². The number of benzene rings is 1. The molecule has 0 aliphatic heterocycles. The third-order valence-corrected chi connectivity index (χ3v) is 13.0. The third-order valence-electron chi connectivity index (χ3n) is 13.0. The van der Waals surface area contributed by atoms with E-state index in [0.29, 0.717) is 29.6 Å². The van der Waals surface area contributed by atoms with Crippen molar-refractivity contribution in [2.45, 2.75) is 113 Å². The molecule has 0 bridgehead atoms. The first-order valence-corrected chi connectivity index (χ1v) is 17.5. The molecule has 4 saturated carbocycles. The number of hydrogen-bond donors (Lipinski definition) is 2. The van der Waals surface area contributed by atoms with Gasteiger partial charge in [0.05, 0.1) is 11.0 Å². The van der Waals surface area contributed by atoms with Crippen LogP contribution in [-0.2, 0) is 4.79 Å². The number of allylic oxidation sites excluding steroid dienone is 3. The second-order valence-electron chi connectivity index (χ2n) is 15.0. The fourth-order valence-corrected chi connectivity index (χ4v) is 11.5. The average Bonchev–Trinajstić information content (AvgIpc) is 3.50. The minimum absolute atomic E-state index is 0.140. The van der Waals surface area contributed by atoms with Gasteiger partial charge in [-0.2, -0.15) is 0 Å². The van der Waals surface area contributed by atoms with Gasteiger partial charge >= 0.3 is 11.9 Å². The van der Waals surface area contributed by atoms with Gasteiger partial charge in [0.1, 0.15) is 5.82 Å². The molecule has 5 heteroatoms. The number of aromatic carboxylic acids is 1. The van der Waals surface area contributed by atoms with Gasteiger partial charge in [0.15, 0.2) is 0 Å². The molecule has 5 aliphatic carbocycles. The molecule has 0 amide bonds. The summed E-state index contributed by atoms with van der Waals surface area (Å²) in [5.74, 6) is 0.110. The monoisotopic (exact) mass is 646 g/mol. The molecule has 47 heavy (non-hydrogen) atoms. The van der Waals surface area contributed by atoms with Crippen LogP contribution in [0, 0.1) is 82.8 Å². The van der Waals surface area contributed by atoms with Crippen LogP contribution in [-0.4, -0.2) is 22.2 Å². The van der Waals surface area contributed by atoms with Crippen molar-refractivity contribution in [2.75, 3.05) is 0 Å². The predicted octanol–water partition coefficient (Wildman–Crippen LogP) is 10.8. The van der Waals surface area contributed by atoms with E-state index < -0.39 is 23.2 Å². The summed E-state index contributed by atoms with van der Waals surface area (Å²) in [6.07, 6.45) is 30.6. The Bertz CT molecular complexity index is 1350. The number of hydrogen-bond acceptors (Lipinski definition) is 2. The molecule has 1 aromatic rings. The van der Waals surface area contributed by atoms with Crippen LogP contribution in [0.15, 0.2) is 36.9 Å². The minimum Gasteiger partial charge on any atom is -0.481 e. The largest absolute Gasteiger partial charge is 0.481 e. The molecular weight excluding hydrogens is 587 g/mol. The average molecular weight is 647 g/mol. The predicted molar refractivity (Wildman–Crippen MR) is 192 cm³/mol. The van der Waals surface area contributed by atoms with Gasteiger partial charge < -0.3 is 10.2 Å². The summed E-state index contributed by atoms with van der Waals surface area (Å²) >= 11 is 0. The SMILES string of the molecule is C#C.C#C.C=CC.CC.CC1(C)C(c2ccc(C(=O)O)c(F)c2)=CC[C@@]2(C)C1CC[C@@]1(C)C3CC[C@@]4(C(=O)O)CCCC4[C@H]3CCC12. The highest BCUT2D eigenvalue weighted by Crippen LogP contribution is 2.73. The van der Waals surface area contributed by atoms with Gasteiger partial charge in [-0.3, -0.25) is 4.79 Å². The molecule has 0 aromatic heterocycles. The van der Waals surface area contributed by atoms with Gasteiger partial charge in [-0.15, -0.1) is 32.3 Å². The molecule has 8 atom stereocenters. The summed E-state index contributed by atoms with van der Waals surface area (Å²) < 4.78 is 14.7. The Morgan fingerprint density at radius 3 is 2.04 bits per heavy atom. The number of carbonyl (C=O) groups is 2. The zero-order valence-electron chi connectivity index (χ0n) is 29.9. The summed E-state index contributed by atoms with van der Waals surface area (Å²) in [6.45, 7) is 18.9. The highest BCUT2D eigenvalue weighted by Gasteiger charge is 2.66. The van der Waals surface area contributed by atoms with Crippen molar-refractivity contribution in [2.24, 2.45) is 51.2 Å². The topological polar surface area (TPSA) is 74.6 Å². The molecule has 4 nitrogen and oxygen atoms in total. The summed E-state index contributed by atoms with van der Waals surface area (Å²) in [4.78, 5) is 23.8. The first-order chi connectivity index (χ1) is 22.3. The molecule has 4 fully saturated rings. The Kier molecular flexibility index (Phi) is 13.3. The number of halogens is 1. The Balaban J connectivity index is 0.000000782. The van der Waals surface area contributed by atoms with Crippen molar-refractivity contribution in [3.8, 4) is 25.7 Å². The van der Waals surface area contributed by atoms with Crippen molar-refractivity contribution in [3.05, 3.63) is 53.9 Å². The standard InChI is InChI=1S/C33H43FO4.C3H6.C2H6.2C2H2/c1-30(2)22(19-7-8-21(28(35)36)25(34)18-19)11-15-32(4)26(30)13-16-31(3)23-12-17-33(29(37)38)14-5-6-24(33)20(23)9-10-27(31)32;1-3-2;3*1-2/h7-8,11,18,20,23-24,26-27H,5-6,9-10,12-17H2,1-4H3,(H,35,36)(H,37,38);3H,1H2,2H3;1-2H3;2*1-2H/t20-,23?,24?,26?,27?,31-,32-,33-;;;;/m0..../s1. The maximum atomic E-state index is 14.7. The van der Waals surface area contributed by atoms with Crippen LogP contribution >= 0.6 is 0 Å². The Morgan fingerprint density at radius 1 is 0.872 bits per heavy atom. The smallest absolute Gasteiger partial charge is 0.338 e. The van der Waals surface area contributed by atoms with Crippen molar-refractivity contribution in [1.29, 1.82) is 0 Å². The van der Waals surface area contributed by atoms with Crippen LogP contribution in [0.25, 0.3) is 5.57 Å². The molecular formula is C42H59FO4. The van der Waals surface area contributed by atoms with E-state index in [1.54, 1.807) is 12.1 Å². The normalized spacial score (nSPS) is 35.4. The number of carboxylic acid groups (broad SMARTS) is 2. The van der Waals surface area contributed by atoms with E-state index >= 15 is 0 Å². The lowest BCUT2D eigenvalue weighted by Gasteiger charge is -2.68. The molecule has 1 aromatic carbocycles. The molecule has 6 rings (SSSR count). The van der Waals surface area contributed by atoms with E-state index in [2.05, 4.69) is 66.0 Å². The zero-order chi connectivity index (χ0) is 36.0. The summed E-state index contributed by atoms with van der Waals surface area (Å²) in [7, 11) is 0. The van der Waals surface area contributed by atoms with Crippen LogP contribution < -0.4 is 0 Å². The zero-order valence-corrected chi connectivity index (χ0v) is 29.9. The second kappa shape index (κ2) is 15.7. The molecule has 0 heterocycles. The lowest BCUT2D eigenvalue weighted by atomic mass is 9.36. The van der Waals surface area contributed by atoms with Crippen molar-refractivity contribution >= 4 is 17.5 Å². The Morgan fingerprint density at radius 2 is 1.49 bits per heavy atom. The van der Waals surface area contributed by atoms with Crippen LogP contribution in [0.1, 0.15) is 129 Å². The van der Waals surface area contributed by atoms with E-state index in [0.717, 1.165) is 62.5 Å². The Hall–Kier alpha value is -3.31. The van der Waals surface area contributed by atoms with Crippen LogP contribution in [0.2, 0.25) is 0 Å². The van der Waals surface area contributed by atoms with E-state index in [1.807, 2.05) is 20.8 Å². The van der Waals surface area contributed by atoms with Gasteiger partial charge in [-0.1, -0.05) is 66.2 Å². The first kappa shape index (κ1) is 39.9. The summed E-state index contributed by atoms with van der Waals surface area (Å²) in [6, 6.07) is 4.59. The highest BCUT2D eigenvalue weighted by atomic mass is 19.1. The van der Waals surface area contributed by atoms with E-state index in [4.69, 9.17) is 0 Å². The van der Waals surface area contributed by atoms with Crippen LogP contribution in [0.3, 0.4) is 0 Å². The van der Waals surface area contributed by atoms with Gasteiger partial charge in [0.2, 0.25) is 0 Å². The molecule has 0 radical (unpaired) electrons. The molecule has 258 valence electrons. The fraction of sp³-hybridized carbons (Fsp3) is 0.619. The lowest BCUT2D eigenvalue weighted by molar-refractivity contribution is -0.187. The summed E-state index contributed by atoms with van der Waals surface area (Å²) in [5.41, 5.74) is 1.41. The fourth-order valence-electron chi connectivity index (χ4n) is 11.5. The van der Waals surface area contributed by atoms with E-state index in [9.17, 15) is 24.2 Å². The molecule has 5 aliphatic rings.